The predicted molar refractivity (Wildman–Crippen MR) is 131 cm³/mol. The van der Waals surface area contributed by atoms with Crippen LogP contribution in [0.1, 0.15) is 114 Å². The summed E-state index contributed by atoms with van der Waals surface area (Å²) in [5, 5.41) is 0. The van der Waals surface area contributed by atoms with Gasteiger partial charge in [-0.15, -0.1) is 0 Å². The third-order valence-electron chi connectivity index (χ3n) is 5.73. The molecule has 0 amide bonds. The largest absolute Gasteiger partial charge is 0.239 e. The Bertz CT molecular complexity index is 407. The lowest BCUT2D eigenvalue weighted by molar-refractivity contribution is 0.128. The fourth-order valence-electron chi connectivity index (χ4n) is 5.22. The van der Waals surface area contributed by atoms with Gasteiger partial charge in [0.2, 0.25) is 0 Å². The zero-order valence-electron chi connectivity index (χ0n) is 20.8. The first-order valence-corrected chi connectivity index (χ1v) is 13.5. The van der Waals surface area contributed by atoms with Gasteiger partial charge < -0.3 is 0 Å². The molecule has 0 aliphatic carbocycles. The zero-order valence-corrected chi connectivity index (χ0v) is 22.4. The lowest BCUT2D eigenvalue weighted by atomic mass is 9.69. The number of hydrogen-bond acceptors (Lipinski definition) is 3. The van der Waals surface area contributed by atoms with Crippen molar-refractivity contribution in [1.29, 1.82) is 0 Å². The van der Waals surface area contributed by atoms with Gasteiger partial charge in [-0.1, -0.05) is 79.0 Å². The Morgan fingerprint density at radius 3 is 1.81 bits per heavy atom. The molecule has 0 saturated heterocycles. The van der Waals surface area contributed by atoms with Crippen LogP contribution in [0, 0.1) is 22.2 Å². The lowest BCUT2D eigenvalue weighted by Crippen LogP contribution is -2.40. The minimum absolute atomic E-state index is 0.222. The van der Waals surface area contributed by atoms with Crippen LogP contribution >= 0.6 is 21.8 Å². The van der Waals surface area contributed by atoms with Gasteiger partial charge in [0.15, 0.2) is 0 Å². The summed E-state index contributed by atoms with van der Waals surface area (Å²) in [6.45, 7) is 24.2. The standard InChI is InChI=1S/C24H51NS2/c1-13-14-20(15-16-22(5,6)18-21(2,3)4)17-23(7,8)19-24(9,10)25(11)27-26-12/h20H,13-19H2,1-12H3. The second-order valence-electron chi connectivity index (χ2n) is 12.2. The fraction of sp³-hybridized carbons (Fsp3) is 1.00. The third kappa shape index (κ3) is 12.7. The average molecular weight is 418 g/mol. The minimum atomic E-state index is 0.222. The van der Waals surface area contributed by atoms with Crippen molar-refractivity contribution in [3.63, 3.8) is 0 Å². The molecular formula is C24H51NS2. The van der Waals surface area contributed by atoms with Crippen LogP contribution in [-0.4, -0.2) is 23.1 Å². The topological polar surface area (TPSA) is 3.24 Å². The van der Waals surface area contributed by atoms with Crippen LogP contribution in [0.3, 0.4) is 0 Å². The van der Waals surface area contributed by atoms with Crippen LogP contribution in [0.5, 0.6) is 0 Å². The maximum absolute atomic E-state index is 2.50. The molecule has 0 bridgehead atoms. The van der Waals surface area contributed by atoms with Gasteiger partial charge in [0.05, 0.1) is 0 Å². The molecule has 0 rings (SSSR count). The van der Waals surface area contributed by atoms with Gasteiger partial charge in [-0.3, -0.25) is 0 Å². The van der Waals surface area contributed by atoms with Crippen LogP contribution in [-0.2, 0) is 0 Å². The molecule has 0 fully saturated rings. The number of rotatable bonds is 13. The molecule has 0 aliphatic heterocycles. The van der Waals surface area contributed by atoms with Gasteiger partial charge in [-0.2, -0.15) is 0 Å². The molecule has 0 radical (unpaired) electrons. The highest BCUT2D eigenvalue weighted by Gasteiger charge is 2.34. The van der Waals surface area contributed by atoms with Gasteiger partial charge in [0.25, 0.3) is 0 Å². The molecule has 0 aromatic heterocycles. The molecule has 27 heavy (non-hydrogen) atoms. The molecular weight excluding hydrogens is 366 g/mol. The first-order valence-electron chi connectivity index (χ1n) is 11.0. The first kappa shape index (κ1) is 27.7. The molecule has 1 nitrogen and oxygen atoms in total. The SMILES string of the molecule is CCCC(CCC(C)(C)CC(C)(C)C)CC(C)(C)CC(C)(C)N(C)SSC. The van der Waals surface area contributed by atoms with Crippen LogP contribution in [0.25, 0.3) is 0 Å². The summed E-state index contributed by atoms with van der Waals surface area (Å²) in [6.07, 6.45) is 11.5. The summed E-state index contributed by atoms with van der Waals surface area (Å²) < 4.78 is 2.45. The van der Waals surface area contributed by atoms with Crippen molar-refractivity contribution in [3.8, 4) is 0 Å². The molecule has 0 spiro atoms. The summed E-state index contributed by atoms with van der Waals surface area (Å²) in [5.74, 6) is 0.860. The van der Waals surface area contributed by atoms with E-state index in [2.05, 4.69) is 86.8 Å². The van der Waals surface area contributed by atoms with E-state index in [0.29, 0.717) is 16.2 Å². The monoisotopic (exact) mass is 417 g/mol. The third-order valence-corrected chi connectivity index (χ3v) is 7.71. The summed E-state index contributed by atoms with van der Waals surface area (Å²) in [4.78, 5) is 0. The summed E-state index contributed by atoms with van der Waals surface area (Å²) in [5.41, 5.74) is 1.47. The van der Waals surface area contributed by atoms with E-state index in [9.17, 15) is 0 Å². The average Bonchev–Trinajstić information content (AvgIpc) is 2.41. The van der Waals surface area contributed by atoms with Crippen molar-refractivity contribution >= 4 is 21.8 Å². The van der Waals surface area contributed by atoms with Crippen molar-refractivity contribution < 1.29 is 0 Å². The van der Waals surface area contributed by atoms with Crippen molar-refractivity contribution in [2.45, 2.75) is 120 Å². The van der Waals surface area contributed by atoms with Gasteiger partial charge in [-0.25, -0.2) is 4.31 Å². The molecule has 0 N–H and O–H groups in total. The molecule has 0 aliphatic rings. The second-order valence-corrected chi connectivity index (χ2v) is 14.7. The lowest BCUT2D eigenvalue weighted by Gasteiger charge is -2.42. The molecule has 0 saturated carbocycles. The molecule has 0 heterocycles. The second kappa shape index (κ2) is 11.2. The van der Waals surface area contributed by atoms with Crippen LogP contribution in [0.15, 0.2) is 0 Å². The summed E-state index contributed by atoms with van der Waals surface area (Å²) >= 11 is 0. The van der Waals surface area contributed by atoms with Crippen LogP contribution < -0.4 is 0 Å². The van der Waals surface area contributed by atoms with E-state index in [1.807, 2.05) is 21.8 Å². The summed E-state index contributed by atoms with van der Waals surface area (Å²) in [7, 11) is 5.97. The maximum atomic E-state index is 2.50. The van der Waals surface area contributed by atoms with Crippen molar-refractivity contribution in [3.05, 3.63) is 0 Å². The van der Waals surface area contributed by atoms with Crippen LogP contribution in [0.4, 0.5) is 0 Å². The van der Waals surface area contributed by atoms with Crippen LogP contribution in [0.2, 0.25) is 0 Å². The van der Waals surface area contributed by atoms with Gasteiger partial charge in [0.1, 0.15) is 0 Å². The highest BCUT2D eigenvalue weighted by molar-refractivity contribution is 8.75. The molecule has 0 aromatic rings. The Labute approximate surface area is 181 Å². The van der Waals surface area contributed by atoms with Crippen molar-refractivity contribution in [2.24, 2.45) is 22.2 Å². The maximum Gasteiger partial charge on any atom is 0.0267 e. The first-order chi connectivity index (χ1) is 12.0. The van der Waals surface area contributed by atoms with Crippen molar-refractivity contribution in [2.75, 3.05) is 13.3 Å². The highest BCUT2D eigenvalue weighted by Crippen LogP contribution is 2.43. The highest BCUT2D eigenvalue weighted by atomic mass is 33.1. The Hall–Kier alpha value is 0.660. The molecule has 164 valence electrons. The normalized spacial score (nSPS) is 15.4. The fourth-order valence-corrected chi connectivity index (χ4v) is 6.99. The van der Waals surface area contributed by atoms with E-state index >= 15 is 0 Å². The number of nitrogens with zero attached hydrogens (tertiary/aromatic N) is 1. The molecule has 0 aromatic carbocycles. The molecule has 3 heteroatoms. The summed E-state index contributed by atoms with van der Waals surface area (Å²) in [6, 6.07) is 0. The van der Waals surface area contributed by atoms with E-state index in [-0.39, 0.29) is 5.54 Å². The van der Waals surface area contributed by atoms with Gasteiger partial charge in [0, 0.05) is 5.54 Å². The van der Waals surface area contributed by atoms with Gasteiger partial charge >= 0.3 is 0 Å². The van der Waals surface area contributed by atoms with E-state index in [1.54, 1.807) is 0 Å². The van der Waals surface area contributed by atoms with E-state index in [0.717, 1.165) is 5.92 Å². The molecule has 1 unspecified atom stereocenters. The Morgan fingerprint density at radius 1 is 0.815 bits per heavy atom. The molecule has 1 atom stereocenters. The van der Waals surface area contributed by atoms with E-state index < -0.39 is 0 Å². The Balaban J connectivity index is 4.91. The number of hydrogen-bond donors (Lipinski definition) is 0. The van der Waals surface area contributed by atoms with Gasteiger partial charge in [-0.05, 0) is 92.4 Å². The Morgan fingerprint density at radius 2 is 1.37 bits per heavy atom. The predicted octanol–water partition coefficient (Wildman–Crippen LogP) is 9.09. The zero-order chi connectivity index (χ0) is 21.5. The quantitative estimate of drug-likeness (QED) is 0.217. The van der Waals surface area contributed by atoms with E-state index in [1.165, 1.54) is 44.9 Å². The van der Waals surface area contributed by atoms with Crippen molar-refractivity contribution in [1.82, 2.24) is 4.31 Å². The minimum Gasteiger partial charge on any atom is -0.239 e. The van der Waals surface area contributed by atoms with E-state index in [4.69, 9.17) is 0 Å². The Kier molecular flexibility index (Phi) is 11.4. The smallest absolute Gasteiger partial charge is 0.0267 e.